The van der Waals surface area contributed by atoms with E-state index in [1.807, 2.05) is 19.1 Å². The third-order valence-corrected chi connectivity index (χ3v) is 4.12. The lowest BCUT2D eigenvalue weighted by Gasteiger charge is -2.36. The summed E-state index contributed by atoms with van der Waals surface area (Å²) in [7, 11) is 1.68. The standard InChI is InChI=1S/C17H23N5O/c1-4-14-11-17(20-13(2)19-14)22-9-7-21(8-10-22)16-12-15(23-3)5-6-18-16/h5-6,11-12H,4,7-10H2,1-3H3. The van der Waals surface area contributed by atoms with Gasteiger partial charge < -0.3 is 14.5 Å². The highest BCUT2D eigenvalue weighted by atomic mass is 16.5. The van der Waals surface area contributed by atoms with E-state index in [2.05, 4.69) is 37.7 Å². The zero-order chi connectivity index (χ0) is 16.2. The van der Waals surface area contributed by atoms with E-state index in [-0.39, 0.29) is 0 Å². The predicted octanol–water partition coefficient (Wildman–Crippen LogP) is 2.08. The second-order valence-corrected chi connectivity index (χ2v) is 5.65. The van der Waals surface area contributed by atoms with Gasteiger partial charge in [0.15, 0.2) is 0 Å². The van der Waals surface area contributed by atoms with Crippen LogP contribution in [-0.4, -0.2) is 48.2 Å². The maximum absolute atomic E-state index is 5.28. The molecule has 0 spiro atoms. The van der Waals surface area contributed by atoms with Gasteiger partial charge in [0.05, 0.1) is 7.11 Å². The van der Waals surface area contributed by atoms with Gasteiger partial charge in [-0.25, -0.2) is 15.0 Å². The molecule has 0 radical (unpaired) electrons. The molecule has 122 valence electrons. The minimum Gasteiger partial charge on any atom is -0.497 e. The van der Waals surface area contributed by atoms with E-state index in [1.165, 1.54) is 0 Å². The molecule has 0 aromatic carbocycles. The first kappa shape index (κ1) is 15.5. The SMILES string of the molecule is CCc1cc(N2CCN(c3cc(OC)ccn3)CC2)nc(C)n1. The van der Waals surface area contributed by atoms with Gasteiger partial charge in [-0.15, -0.1) is 0 Å². The van der Waals surface area contributed by atoms with Crippen LogP contribution in [-0.2, 0) is 6.42 Å². The van der Waals surface area contributed by atoms with Gasteiger partial charge in [-0.3, -0.25) is 0 Å². The molecule has 2 aromatic rings. The molecule has 0 N–H and O–H groups in total. The Morgan fingerprint density at radius 3 is 2.39 bits per heavy atom. The third kappa shape index (κ3) is 3.52. The van der Waals surface area contributed by atoms with Crippen LogP contribution < -0.4 is 14.5 Å². The Morgan fingerprint density at radius 1 is 1.04 bits per heavy atom. The molecule has 1 aliphatic heterocycles. The van der Waals surface area contributed by atoms with Crippen molar-refractivity contribution >= 4 is 11.6 Å². The van der Waals surface area contributed by atoms with E-state index in [0.717, 1.165) is 61.5 Å². The van der Waals surface area contributed by atoms with Gasteiger partial charge >= 0.3 is 0 Å². The van der Waals surface area contributed by atoms with Crippen LogP contribution in [0.1, 0.15) is 18.4 Å². The van der Waals surface area contributed by atoms with Gasteiger partial charge in [-0.1, -0.05) is 6.92 Å². The lowest BCUT2D eigenvalue weighted by Crippen LogP contribution is -2.47. The van der Waals surface area contributed by atoms with Crippen LogP contribution in [0.3, 0.4) is 0 Å². The fourth-order valence-corrected chi connectivity index (χ4v) is 2.82. The highest BCUT2D eigenvalue weighted by molar-refractivity contribution is 5.47. The minimum atomic E-state index is 0.844. The van der Waals surface area contributed by atoms with Crippen LogP contribution in [0.2, 0.25) is 0 Å². The van der Waals surface area contributed by atoms with Crippen molar-refractivity contribution in [2.24, 2.45) is 0 Å². The zero-order valence-electron chi connectivity index (χ0n) is 14.0. The Labute approximate surface area is 137 Å². The Balaban J connectivity index is 1.69. The molecule has 0 saturated carbocycles. The first-order chi connectivity index (χ1) is 11.2. The summed E-state index contributed by atoms with van der Waals surface area (Å²) < 4.78 is 5.28. The Morgan fingerprint density at radius 2 is 1.74 bits per heavy atom. The van der Waals surface area contributed by atoms with Gasteiger partial charge in [-0.05, 0) is 19.4 Å². The fraction of sp³-hybridized carbons (Fsp3) is 0.471. The molecule has 0 atom stereocenters. The zero-order valence-corrected chi connectivity index (χ0v) is 14.0. The highest BCUT2D eigenvalue weighted by Crippen LogP contribution is 2.21. The van der Waals surface area contributed by atoms with Crippen molar-refractivity contribution in [2.75, 3.05) is 43.1 Å². The van der Waals surface area contributed by atoms with Crippen LogP contribution in [0.15, 0.2) is 24.4 Å². The molecule has 1 aliphatic rings. The van der Waals surface area contributed by atoms with Crippen LogP contribution in [0.5, 0.6) is 5.75 Å². The molecule has 0 unspecified atom stereocenters. The fourth-order valence-electron chi connectivity index (χ4n) is 2.82. The lowest BCUT2D eigenvalue weighted by molar-refractivity contribution is 0.414. The summed E-state index contributed by atoms with van der Waals surface area (Å²) in [6.45, 7) is 7.78. The second kappa shape index (κ2) is 6.81. The monoisotopic (exact) mass is 313 g/mol. The van der Waals surface area contributed by atoms with Gasteiger partial charge in [0.25, 0.3) is 0 Å². The van der Waals surface area contributed by atoms with E-state index >= 15 is 0 Å². The lowest BCUT2D eigenvalue weighted by atomic mass is 10.2. The van der Waals surface area contributed by atoms with Crippen molar-refractivity contribution in [3.8, 4) is 5.75 Å². The topological polar surface area (TPSA) is 54.4 Å². The average Bonchev–Trinajstić information content (AvgIpc) is 2.61. The number of pyridine rings is 1. The molecule has 0 amide bonds. The van der Waals surface area contributed by atoms with Gasteiger partial charge in [-0.2, -0.15) is 0 Å². The summed E-state index contributed by atoms with van der Waals surface area (Å²) in [4.78, 5) is 18.1. The van der Waals surface area contributed by atoms with Crippen LogP contribution in [0.4, 0.5) is 11.6 Å². The number of hydrogen-bond donors (Lipinski definition) is 0. The van der Waals surface area contributed by atoms with Crippen molar-refractivity contribution < 1.29 is 4.74 Å². The molecule has 1 fully saturated rings. The number of rotatable bonds is 4. The van der Waals surface area contributed by atoms with E-state index < -0.39 is 0 Å². The molecular weight excluding hydrogens is 290 g/mol. The Kier molecular flexibility index (Phi) is 4.60. The largest absolute Gasteiger partial charge is 0.497 e. The van der Waals surface area contributed by atoms with Gasteiger partial charge in [0.1, 0.15) is 23.2 Å². The van der Waals surface area contributed by atoms with Crippen molar-refractivity contribution in [1.29, 1.82) is 0 Å². The number of piperazine rings is 1. The van der Waals surface area contributed by atoms with Crippen LogP contribution in [0.25, 0.3) is 0 Å². The predicted molar refractivity (Wildman–Crippen MR) is 91.4 cm³/mol. The Bertz CT molecular complexity index is 668. The van der Waals surface area contributed by atoms with Crippen LogP contribution >= 0.6 is 0 Å². The quantitative estimate of drug-likeness (QED) is 0.861. The van der Waals surface area contributed by atoms with Crippen molar-refractivity contribution in [2.45, 2.75) is 20.3 Å². The first-order valence-electron chi connectivity index (χ1n) is 8.04. The molecule has 0 aliphatic carbocycles. The maximum Gasteiger partial charge on any atom is 0.132 e. The maximum atomic E-state index is 5.28. The summed E-state index contributed by atoms with van der Waals surface area (Å²) in [6, 6.07) is 5.96. The number of methoxy groups -OCH3 is 1. The summed E-state index contributed by atoms with van der Waals surface area (Å²) in [5.41, 5.74) is 1.10. The van der Waals surface area contributed by atoms with Crippen LogP contribution in [0, 0.1) is 6.92 Å². The summed E-state index contributed by atoms with van der Waals surface area (Å²) >= 11 is 0. The second-order valence-electron chi connectivity index (χ2n) is 5.65. The highest BCUT2D eigenvalue weighted by Gasteiger charge is 2.20. The number of ether oxygens (including phenoxy) is 1. The van der Waals surface area contributed by atoms with Crippen molar-refractivity contribution in [3.63, 3.8) is 0 Å². The summed E-state index contributed by atoms with van der Waals surface area (Å²) in [6.07, 6.45) is 2.73. The van der Waals surface area contributed by atoms with Gasteiger partial charge in [0, 0.05) is 50.2 Å². The number of aromatic nitrogens is 3. The molecule has 3 rings (SSSR count). The van der Waals surface area contributed by atoms with E-state index in [1.54, 1.807) is 13.3 Å². The molecule has 1 saturated heterocycles. The molecule has 23 heavy (non-hydrogen) atoms. The van der Waals surface area contributed by atoms with E-state index in [0.29, 0.717) is 0 Å². The molecule has 0 bridgehead atoms. The number of anilines is 2. The summed E-state index contributed by atoms with van der Waals surface area (Å²) in [5.74, 6) is 3.69. The summed E-state index contributed by atoms with van der Waals surface area (Å²) in [5, 5.41) is 0. The molecular formula is C17H23N5O. The van der Waals surface area contributed by atoms with E-state index in [9.17, 15) is 0 Å². The third-order valence-electron chi connectivity index (χ3n) is 4.12. The number of nitrogens with zero attached hydrogens (tertiary/aromatic N) is 5. The smallest absolute Gasteiger partial charge is 0.132 e. The Hall–Kier alpha value is -2.37. The van der Waals surface area contributed by atoms with E-state index in [4.69, 9.17) is 4.74 Å². The van der Waals surface area contributed by atoms with Gasteiger partial charge in [0.2, 0.25) is 0 Å². The normalized spacial score (nSPS) is 14.9. The minimum absolute atomic E-state index is 0.844. The average molecular weight is 313 g/mol. The molecule has 6 heteroatoms. The van der Waals surface area contributed by atoms with Crippen molar-refractivity contribution in [1.82, 2.24) is 15.0 Å². The van der Waals surface area contributed by atoms with Crippen molar-refractivity contribution in [3.05, 3.63) is 35.9 Å². The first-order valence-corrected chi connectivity index (χ1v) is 8.04. The molecule has 6 nitrogen and oxygen atoms in total. The number of hydrogen-bond acceptors (Lipinski definition) is 6. The molecule has 2 aromatic heterocycles. The number of aryl methyl sites for hydroxylation is 2. The molecule has 3 heterocycles.